The maximum atomic E-state index is 13.0. The van der Waals surface area contributed by atoms with E-state index in [1.165, 1.54) is 83.5 Å². The van der Waals surface area contributed by atoms with Gasteiger partial charge in [-0.3, -0.25) is 9.78 Å². The third-order valence-corrected chi connectivity index (χ3v) is 9.99. The SMILES string of the molecule is CCCCCCCCCCCCCCCCc1ccc(-c2cc(C(CCCOC(C)C(F)(F)F)CCCC(=O)O)ccc2-c2ccccc2)cn1. The van der Waals surface area contributed by atoms with Gasteiger partial charge in [-0.15, -0.1) is 0 Å². The number of aromatic nitrogens is 1. The van der Waals surface area contributed by atoms with Crippen LogP contribution in [0.15, 0.2) is 66.9 Å². The molecule has 0 aliphatic heterocycles. The Balaban J connectivity index is 1.59. The summed E-state index contributed by atoms with van der Waals surface area (Å²) in [4.78, 5) is 16.1. The number of rotatable bonds is 27. The highest BCUT2D eigenvalue weighted by Gasteiger charge is 2.36. The zero-order chi connectivity index (χ0) is 36.7. The molecule has 0 radical (unpaired) electrons. The van der Waals surface area contributed by atoms with Crippen LogP contribution in [0.25, 0.3) is 22.3 Å². The minimum atomic E-state index is -4.39. The number of aliphatic carboxylic acids is 1. The summed E-state index contributed by atoms with van der Waals surface area (Å²) in [5.41, 5.74) is 6.35. The smallest absolute Gasteiger partial charge is 0.414 e. The molecule has 282 valence electrons. The quantitative estimate of drug-likeness (QED) is 0.0801. The summed E-state index contributed by atoms with van der Waals surface area (Å²) < 4.78 is 43.9. The zero-order valence-corrected chi connectivity index (χ0v) is 31.2. The second kappa shape index (κ2) is 24.1. The minimum Gasteiger partial charge on any atom is -0.481 e. The second-order valence-electron chi connectivity index (χ2n) is 14.2. The monoisotopic (exact) mass is 709 g/mol. The molecule has 0 saturated heterocycles. The van der Waals surface area contributed by atoms with E-state index >= 15 is 0 Å². The summed E-state index contributed by atoms with van der Waals surface area (Å²) in [6.45, 7) is 3.29. The summed E-state index contributed by atoms with van der Waals surface area (Å²) in [6.07, 6.45) is 17.7. The Hall–Kier alpha value is -3.19. The Kier molecular flexibility index (Phi) is 20.0. The van der Waals surface area contributed by atoms with Crippen LogP contribution in [-0.2, 0) is 16.0 Å². The van der Waals surface area contributed by atoms with Crippen LogP contribution in [0.2, 0.25) is 0 Å². The molecule has 4 nitrogen and oxygen atoms in total. The molecule has 1 N–H and O–H groups in total. The fourth-order valence-electron chi connectivity index (χ4n) is 6.82. The van der Waals surface area contributed by atoms with E-state index in [-0.39, 0.29) is 18.9 Å². The molecule has 2 unspecified atom stereocenters. The molecule has 51 heavy (non-hydrogen) atoms. The number of nitrogens with zero attached hydrogens (tertiary/aromatic N) is 1. The first kappa shape index (κ1) is 42.2. The Morgan fingerprint density at radius 3 is 1.90 bits per heavy atom. The predicted molar refractivity (Wildman–Crippen MR) is 204 cm³/mol. The van der Waals surface area contributed by atoms with Gasteiger partial charge in [-0.25, -0.2) is 0 Å². The van der Waals surface area contributed by atoms with Gasteiger partial charge >= 0.3 is 12.1 Å². The number of hydrogen-bond acceptors (Lipinski definition) is 3. The summed E-state index contributed by atoms with van der Waals surface area (Å²) in [5, 5.41) is 9.25. The van der Waals surface area contributed by atoms with E-state index in [1.807, 2.05) is 24.4 Å². The van der Waals surface area contributed by atoms with Gasteiger partial charge in [0.15, 0.2) is 6.10 Å². The van der Waals surface area contributed by atoms with Crippen LogP contribution in [0.1, 0.15) is 153 Å². The number of carbonyl (C=O) groups is 1. The summed E-state index contributed by atoms with van der Waals surface area (Å²) in [7, 11) is 0. The van der Waals surface area contributed by atoms with Crippen molar-refractivity contribution in [3.63, 3.8) is 0 Å². The highest BCUT2D eigenvalue weighted by molar-refractivity contribution is 5.83. The Bertz CT molecular complexity index is 1360. The fraction of sp³-hybridized carbons (Fsp3) is 0.591. The van der Waals surface area contributed by atoms with Gasteiger partial charge in [0, 0.05) is 30.5 Å². The van der Waals surface area contributed by atoms with Gasteiger partial charge in [-0.1, -0.05) is 145 Å². The van der Waals surface area contributed by atoms with Crippen LogP contribution in [0, 0.1) is 0 Å². The van der Waals surface area contributed by atoms with E-state index in [0.717, 1.165) is 53.3 Å². The molecule has 0 fully saturated rings. The van der Waals surface area contributed by atoms with Gasteiger partial charge in [-0.2, -0.15) is 13.2 Å². The van der Waals surface area contributed by atoms with Crippen LogP contribution >= 0.6 is 0 Å². The van der Waals surface area contributed by atoms with E-state index in [2.05, 4.69) is 49.4 Å². The molecular weight excluding hydrogens is 647 g/mol. The highest BCUT2D eigenvalue weighted by atomic mass is 19.4. The van der Waals surface area contributed by atoms with Crippen molar-refractivity contribution in [3.05, 3.63) is 78.1 Å². The molecule has 3 aromatic rings. The first-order valence-corrected chi connectivity index (χ1v) is 19.7. The minimum absolute atomic E-state index is 0.00421. The normalized spacial score (nSPS) is 13.0. The van der Waals surface area contributed by atoms with Crippen LogP contribution in [0.5, 0.6) is 0 Å². The molecule has 0 bridgehead atoms. The topological polar surface area (TPSA) is 59.4 Å². The maximum Gasteiger partial charge on any atom is 0.414 e. The highest BCUT2D eigenvalue weighted by Crippen LogP contribution is 2.37. The number of pyridine rings is 1. The molecule has 1 aromatic heterocycles. The van der Waals surface area contributed by atoms with E-state index in [1.54, 1.807) is 0 Å². The van der Waals surface area contributed by atoms with Gasteiger partial charge < -0.3 is 9.84 Å². The molecule has 0 saturated carbocycles. The first-order valence-electron chi connectivity index (χ1n) is 19.7. The lowest BCUT2D eigenvalue weighted by Gasteiger charge is -2.21. The average molecular weight is 710 g/mol. The Labute approximate surface area is 305 Å². The van der Waals surface area contributed by atoms with Crippen molar-refractivity contribution in [1.29, 1.82) is 0 Å². The van der Waals surface area contributed by atoms with E-state index in [4.69, 9.17) is 9.72 Å². The standard InChI is InChI=1S/C44H62F3NO3/c1-3-4-5-6-7-8-9-10-11-12-13-14-15-19-26-40-30-28-39(34-48-40)42-33-38(29-31-41(42)37-22-17-16-18-23-37)36(24-20-27-43(49)50)25-21-32-51-35(2)44(45,46)47/h16-18,22-23,28-31,33-36H,3-15,19-21,24-27,32H2,1-2H3,(H,49,50). The third-order valence-electron chi connectivity index (χ3n) is 9.99. The molecule has 3 rings (SSSR count). The van der Waals surface area contributed by atoms with Crippen molar-refractivity contribution in [1.82, 2.24) is 4.98 Å². The van der Waals surface area contributed by atoms with E-state index < -0.39 is 18.2 Å². The zero-order valence-electron chi connectivity index (χ0n) is 31.2. The molecule has 0 aliphatic carbocycles. The molecule has 0 spiro atoms. The lowest BCUT2D eigenvalue weighted by atomic mass is 9.85. The molecule has 2 atom stereocenters. The predicted octanol–water partition coefficient (Wildman–Crippen LogP) is 13.5. The summed E-state index contributed by atoms with van der Waals surface area (Å²) in [6, 6.07) is 20.8. The number of unbranched alkanes of at least 4 members (excludes halogenated alkanes) is 13. The molecule has 2 aromatic carbocycles. The Morgan fingerprint density at radius 2 is 1.33 bits per heavy atom. The van der Waals surface area contributed by atoms with Crippen LogP contribution in [0.4, 0.5) is 13.2 Å². The number of aryl methyl sites for hydroxylation is 1. The van der Waals surface area contributed by atoms with Crippen molar-refractivity contribution in [2.75, 3.05) is 6.61 Å². The first-order chi connectivity index (χ1) is 24.7. The average Bonchev–Trinajstić information content (AvgIpc) is 3.12. The Morgan fingerprint density at radius 1 is 0.725 bits per heavy atom. The number of alkyl halides is 3. The van der Waals surface area contributed by atoms with Crippen molar-refractivity contribution in [3.8, 4) is 22.3 Å². The third kappa shape index (κ3) is 16.8. The molecule has 1 heterocycles. The number of hydrogen-bond donors (Lipinski definition) is 1. The number of ether oxygens (including phenoxy) is 1. The number of carboxylic acid groups (broad SMARTS) is 1. The van der Waals surface area contributed by atoms with Gasteiger partial charge in [0.25, 0.3) is 0 Å². The van der Waals surface area contributed by atoms with Crippen LogP contribution < -0.4 is 0 Å². The lowest BCUT2D eigenvalue weighted by Crippen LogP contribution is -2.28. The molecular formula is C44H62F3NO3. The van der Waals surface area contributed by atoms with E-state index in [9.17, 15) is 23.1 Å². The van der Waals surface area contributed by atoms with Crippen molar-refractivity contribution < 1.29 is 27.8 Å². The molecule has 0 amide bonds. The van der Waals surface area contributed by atoms with Crippen molar-refractivity contribution in [2.24, 2.45) is 0 Å². The van der Waals surface area contributed by atoms with Gasteiger partial charge in [0.2, 0.25) is 0 Å². The number of benzene rings is 2. The lowest BCUT2D eigenvalue weighted by molar-refractivity contribution is -0.214. The van der Waals surface area contributed by atoms with Crippen LogP contribution in [0.3, 0.4) is 0 Å². The van der Waals surface area contributed by atoms with Gasteiger partial charge in [-0.05, 0) is 79.7 Å². The van der Waals surface area contributed by atoms with E-state index in [0.29, 0.717) is 25.7 Å². The summed E-state index contributed by atoms with van der Waals surface area (Å²) in [5.74, 6) is -0.860. The second-order valence-corrected chi connectivity index (χ2v) is 14.2. The fourth-order valence-corrected chi connectivity index (χ4v) is 6.82. The molecule has 7 heteroatoms. The largest absolute Gasteiger partial charge is 0.481 e. The van der Waals surface area contributed by atoms with Crippen LogP contribution in [-0.4, -0.2) is 34.9 Å². The summed E-state index contributed by atoms with van der Waals surface area (Å²) >= 11 is 0. The molecule has 0 aliphatic rings. The number of carboxylic acids is 1. The van der Waals surface area contributed by atoms with Crippen molar-refractivity contribution >= 4 is 5.97 Å². The van der Waals surface area contributed by atoms with Crippen molar-refractivity contribution in [2.45, 2.75) is 160 Å². The number of halogens is 3. The van der Waals surface area contributed by atoms with Gasteiger partial charge in [0.05, 0.1) is 0 Å². The maximum absolute atomic E-state index is 13.0. The van der Waals surface area contributed by atoms with Gasteiger partial charge in [0.1, 0.15) is 0 Å².